The minimum absolute atomic E-state index is 0.106. The van der Waals surface area contributed by atoms with E-state index in [9.17, 15) is 18.0 Å². The predicted molar refractivity (Wildman–Crippen MR) is 116 cm³/mol. The first-order valence-electron chi connectivity index (χ1n) is 10.6. The molecule has 176 valence electrons. The van der Waals surface area contributed by atoms with Crippen LogP contribution in [0, 0.1) is 0 Å². The first-order valence-corrected chi connectivity index (χ1v) is 11.5. The van der Waals surface area contributed by atoms with Crippen LogP contribution < -0.4 is 4.90 Å². The molecule has 2 aliphatic rings. The molecule has 0 N–H and O–H groups in total. The van der Waals surface area contributed by atoms with Gasteiger partial charge in [-0.2, -0.15) is 18.2 Å². The number of hydrogen-bond acceptors (Lipinski definition) is 7. The van der Waals surface area contributed by atoms with E-state index >= 15 is 0 Å². The molecular formula is C21H23F3N6O2S. The second-order valence-electron chi connectivity index (χ2n) is 9.29. The van der Waals surface area contributed by atoms with E-state index in [4.69, 9.17) is 4.74 Å². The van der Waals surface area contributed by atoms with Gasteiger partial charge in [-0.05, 0) is 45.7 Å². The second kappa shape index (κ2) is 7.57. The molecule has 0 aromatic carbocycles. The zero-order valence-corrected chi connectivity index (χ0v) is 19.2. The summed E-state index contributed by atoms with van der Waals surface area (Å²) >= 11 is 1.32. The third-order valence-corrected chi connectivity index (χ3v) is 6.59. The summed E-state index contributed by atoms with van der Waals surface area (Å²) in [7, 11) is 0. The average Bonchev–Trinajstić information content (AvgIpc) is 3.43. The SMILES string of the molecule is CC(C)(C)OC(=O)N1C2CCC1CN(c1nc3c(C(F)(F)F)ccc(-c4nccs4)n3n1)C2. The summed E-state index contributed by atoms with van der Waals surface area (Å²) < 4.78 is 47.8. The Morgan fingerprint density at radius 1 is 1.15 bits per heavy atom. The first-order chi connectivity index (χ1) is 15.5. The lowest BCUT2D eigenvalue weighted by atomic mass is 10.2. The quantitative estimate of drug-likeness (QED) is 0.539. The van der Waals surface area contributed by atoms with E-state index in [0.717, 1.165) is 18.9 Å². The normalized spacial score (nSPS) is 21.2. The van der Waals surface area contributed by atoms with Crippen molar-refractivity contribution in [1.82, 2.24) is 24.5 Å². The number of amides is 1. The van der Waals surface area contributed by atoms with Gasteiger partial charge in [0.05, 0.1) is 12.1 Å². The summed E-state index contributed by atoms with van der Waals surface area (Å²) in [5, 5.41) is 6.77. The van der Waals surface area contributed by atoms with Crippen LogP contribution in [0.5, 0.6) is 0 Å². The van der Waals surface area contributed by atoms with Gasteiger partial charge in [0.1, 0.15) is 21.9 Å². The molecule has 0 aliphatic carbocycles. The molecule has 5 heterocycles. The fourth-order valence-electron chi connectivity index (χ4n) is 4.50. The van der Waals surface area contributed by atoms with E-state index in [0.29, 0.717) is 23.8 Å². The van der Waals surface area contributed by atoms with Gasteiger partial charge in [0, 0.05) is 24.7 Å². The molecule has 0 saturated carbocycles. The number of fused-ring (bicyclic) bond motifs is 3. The number of carbonyl (C=O) groups excluding carboxylic acids is 1. The molecule has 3 aromatic heterocycles. The number of carbonyl (C=O) groups is 1. The van der Waals surface area contributed by atoms with Gasteiger partial charge in [-0.15, -0.1) is 16.4 Å². The lowest BCUT2D eigenvalue weighted by Crippen LogP contribution is -2.57. The molecule has 2 atom stereocenters. The lowest BCUT2D eigenvalue weighted by molar-refractivity contribution is -0.136. The summed E-state index contributed by atoms with van der Waals surface area (Å²) in [4.78, 5) is 24.9. The van der Waals surface area contributed by atoms with Crippen LogP contribution >= 0.6 is 11.3 Å². The van der Waals surface area contributed by atoms with Crippen molar-refractivity contribution in [2.75, 3.05) is 18.0 Å². The molecule has 2 unspecified atom stereocenters. The number of alkyl halides is 3. The van der Waals surface area contributed by atoms with Gasteiger partial charge >= 0.3 is 12.3 Å². The number of thiazole rings is 1. The lowest BCUT2D eigenvalue weighted by Gasteiger charge is -2.40. The molecule has 2 saturated heterocycles. The highest BCUT2D eigenvalue weighted by atomic mass is 32.1. The Hall–Kier alpha value is -2.89. The maximum atomic E-state index is 13.7. The number of anilines is 1. The van der Waals surface area contributed by atoms with Crippen molar-refractivity contribution in [1.29, 1.82) is 0 Å². The molecule has 5 rings (SSSR count). The van der Waals surface area contributed by atoms with Gasteiger partial charge in [0.15, 0.2) is 5.65 Å². The van der Waals surface area contributed by atoms with Crippen LogP contribution in [0.4, 0.5) is 23.9 Å². The van der Waals surface area contributed by atoms with E-state index in [1.165, 1.54) is 21.9 Å². The zero-order chi connectivity index (χ0) is 23.5. The highest BCUT2D eigenvalue weighted by Crippen LogP contribution is 2.37. The molecule has 2 aliphatic heterocycles. The van der Waals surface area contributed by atoms with Crippen LogP contribution in [-0.2, 0) is 10.9 Å². The summed E-state index contributed by atoms with van der Waals surface area (Å²) in [6, 6.07) is 2.18. The Kier molecular flexibility index (Phi) is 5.03. The minimum Gasteiger partial charge on any atom is -0.444 e. The maximum Gasteiger partial charge on any atom is 0.420 e. The van der Waals surface area contributed by atoms with Crippen LogP contribution in [0.25, 0.3) is 16.3 Å². The number of nitrogens with zero attached hydrogens (tertiary/aromatic N) is 6. The number of piperazine rings is 1. The molecular weight excluding hydrogens is 457 g/mol. The molecule has 0 radical (unpaired) electrons. The monoisotopic (exact) mass is 480 g/mol. The van der Waals surface area contributed by atoms with Crippen molar-refractivity contribution in [3.05, 3.63) is 29.3 Å². The van der Waals surface area contributed by atoms with Gasteiger partial charge < -0.3 is 9.64 Å². The van der Waals surface area contributed by atoms with E-state index in [2.05, 4.69) is 15.1 Å². The Bertz CT molecular complexity index is 1170. The second-order valence-corrected chi connectivity index (χ2v) is 10.2. The zero-order valence-electron chi connectivity index (χ0n) is 18.3. The fraction of sp³-hybridized carbons (Fsp3) is 0.524. The Balaban J connectivity index is 1.49. The highest BCUT2D eigenvalue weighted by Gasteiger charge is 2.45. The molecule has 33 heavy (non-hydrogen) atoms. The number of halogens is 3. The van der Waals surface area contributed by atoms with Crippen molar-refractivity contribution in [3.8, 4) is 10.7 Å². The van der Waals surface area contributed by atoms with Crippen LogP contribution in [0.2, 0.25) is 0 Å². The van der Waals surface area contributed by atoms with E-state index in [-0.39, 0.29) is 29.8 Å². The Labute approximate surface area is 192 Å². The molecule has 0 spiro atoms. The van der Waals surface area contributed by atoms with Gasteiger partial charge in [-0.1, -0.05) is 0 Å². The molecule has 1 amide bonds. The smallest absolute Gasteiger partial charge is 0.420 e. The van der Waals surface area contributed by atoms with Crippen molar-refractivity contribution in [2.45, 2.75) is 57.5 Å². The summed E-state index contributed by atoms with van der Waals surface area (Å²) in [6.45, 7) is 6.33. The maximum absolute atomic E-state index is 13.7. The van der Waals surface area contributed by atoms with Crippen molar-refractivity contribution >= 4 is 29.0 Å². The summed E-state index contributed by atoms with van der Waals surface area (Å²) in [6.07, 6.45) is -1.74. The summed E-state index contributed by atoms with van der Waals surface area (Å²) in [5.41, 5.74) is -1.26. The van der Waals surface area contributed by atoms with Crippen LogP contribution in [0.3, 0.4) is 0 Å². The Morgan fingerprint density at radius 2 is 1.85 bits per heavy atom. The van der Waals surface area contributed by atoms with Crippen LogP contribution in [-0.4, -0.2) is 61.3 Å². The van der Waals surface area contributed by atoms with Gasteiger partial charge in [0.25, 0.3) is 0 Å². The van der Waals surface area contributed by atoms with E-state index in [1.807, 2.05) is 25.7 Å². The number of rotatable bonds is 2. The van der Waals surface area contributed by atoms with Gasteiger partial charge in [-0.3, -0.25) is 4.90 Å². The third-order valence-electron chi connectivity index (χ3n) is 5.80. The number of hydrogen-bond donors (Lipinski definition) is 0. The number of pyridine rings is 1. The number of ether oxygens (including phenoxy) is 1. The molecule has 2 bridgehead atoms. The largest absolute Gasteiger partial charge is 0.444 e. The average molecular weight is 481 g/mol. The Morgan fingerprint density at radius 3 is 2.42 bits per heavy atom. The van der Waals surface area contributed by atoms with Crippen molar-refractivity contribution in [2.24, 2.45) is 0 Å². The molecule has 3 aromatic rings. The van der Waals surface area contributed by atoms with Crippen molar-refractivity contribution in [3.63, 3.8) is 0 Å². The van der Waals surface area contributed by atoms with E-state index < -0.39 is 17.3 Å². The molecule has 2 fully saturated rings. The standard InChI is InChI=1S/C21H23F3N6O2S/c1-20(2,3)32-19(31)29-12-4-5-13(29)11-28(10-12)18-26-16-14(21(22,23)24)6-7-15(30(16)27-18)17-25-8-9-33-17/h6-9,12-13H,4-5,10-11H2,1-3H3. The van der Waals surface area contributed by atoms with Crippen molar-refractivity contribution < 1.29 is 22.7 Å². The first kappa shape index (κ1) is 21.9. The van der Waals surface area contributed by atoms with Crippen LogP contribution in [0.1, 0.15) is 39.2 Å². The fourth-order valence-corrected chi connectivity index (χ4v) is 5.14. The summed E-state index contributed by atoms with van der Waals surface area (Å²) in [5.74, 6) is 0.213. The van der Waals surface area contributed by atoms with Crippen LogP contribution in [0.15, 0.2) is 23.7 Å². The predicted octanol–water partition coefficient (Wildman–Crippen LogP) is 4.46. The molecule has 8 nitrogen and oxygen atoms in total. The van der Waals surface area contributed by atoms with E-state index in [1.54, 1.807) is 16.5 Å². The topological polar surface area (TPSA) is 75.9 Å². The van der Waals surface area contributed by atoms with Gasteiger partial charge in [-0.25, -0.2) is 14.3 Å². The third kappa shape index (κ3) is 4.00. The number of aromatic nitrogens is 4. The van der Waals surface area contributed by atoms with Gasteiger partial charge in [0.2, 0.25) is 5.95 Å². The molecule has 12 heteroatoms. The minimum atomic E-state index is -4.57. The highest BCUT2D eigenvalue weighted by molar-refractivity contribution is 7.13.